The number of carbonyl (C=O) groups is 1. The summed E-state index contributed by atoms with van der Waals surface area (Å²) < 4.78 is 17.5. The normalized spacial score (nSPS) is 14.7. The maximum atomic E-state index is 13.8. The molecule has 0 saturated heterocycles. The summed E-state index contributed by atoms with van der Waals surface area (Å²) in [5, 5.41) is 3.17. The minimum atomic E-state index is -0.338. The van der Waals surface area contributed by atoms with Crippen molar-refractivity contribution < 1.29 is 19.0 Å². The Kier molecular flexibility index (Phi) is 12.5. The number of anilines is 1. The Morgan fingerprint density at radius 2 is 1.47 bits per heavy atom. The SMILES string of the molecule is CCCCOCCOc1ccc(CC(C(=O)Nc2ccc(OCC3CCCCC3)cc2)c2ccc(C(C)(C)C)cc2)cc1. The van der Waals surface area contributed by atoms with Crippen LogP contribution in [0.15, 0.2) is 72.8 Å². The first-order valence-electron chi connectivity index (χ1n) is 16.3. The fraction of sp³-hybridized carbons (Fsp3) is 0.500. The molecule has 1 fully saturated rings. The lowest BCUT2D eigenvalue weighted by molar-refractivity contribution is -0.117. The molecule has 3 aromatic rings. The molecule has 4 rings (SSSR count). The third-order valence-corrected chi connectivity index (χ3v) is 8.33. The van der Waals surface area contributed by atoms with E-state index in [0.717, 1.165) is 54.4 Å². The van der Waals surface area contributed by atoms with Crippen LogP contribution in [0.4, 0.5) is 5.69 Å². The average Bonchev–Trinajstić information content (AvgIpc) is 3.02. The number of hydrogen-bond acceptors (Lipinski definition) is 4. The first-order valence-corrected chi connectivity index (χ1v) is 16.3. The van der Waals surface area contributed by atoms with E-state index < -0.39 is 0 Å². The van der Waals surface area contributed by atoms with Gasteiger partial charge in [-0.05, 0) is 90.1 Å². The lowest BCUT2D eigenvalue weighted by Crippen LogP contribution is -2.23. The second kappa shape index (κ2) is 16.5. The van der Waals surface area contributed by atoms with E-state index >= 15 is 0 Å². The van der Waals surface area contributed by atoms with Gasteiger partial charge in [0.2, 0.25) is 5.91 Å². The van der Waals surface area contributed by atoms with E-state index in [4.69, 9.17) is 14.2 Å². The van der Waals surface area contributed by atoms with Gasteiger partial charge in [-0.2, -0.15) is 0 Å². The van der Waals surface area contributed by atoms with Gasteiger partial charge in [-0.1, -0.05) is 89.8 Å². The maximum Gasteiger partial charge on any atom is 0.232 e. The molecule has 3 aromatic carbocycles. The van der Waals surface area contributed by atoms with Crippen LogP contribution in [0.3, 0.4) is 0 Å². The topological polar surface area (TPSA) is 56.8 Å². The van der Waals surface area contributed by atoms with Gasteiger partial charge in [0.05, 0.1) is 19.1 Å². The summed E-state index contributed by atoms with van der Waals surface area (Å²) in [6.45, 7) is 11.4. The highest BCUT2D eigenvalue weighted by Crippen LogP contribution is 2.29. The van der Waals surface area contributed by atoms with Crippen molar-refractivity contribution in [1.82, 2.24) is 0 Å². The van der Waals surface area contributed by atoms with Gasteiger partial charge in [-0.15, -0.1) is 0 Å². The molecule has 1 aliphatic carbocycles. The number of nitrogens with one attached hydrogen (secondary N) is 1. The van der Waals surface area contributed by atoms with Gasteiger partial charge in [-0.3, -0.25) is 4.79 Å². The molecule has 1 N–H and O–H groups in total. The van der Waals surface area contributed by atoms with Crippen LogP contribution < -0.4 is 14.8 Å². The highest BCUT2D eigenvalue weighted by molar-refractivity contribution is 5.96. The molecule has 5 nitrogen and oxygen atoms in total. The molecule has 1 saturated carbocycles. The van der Waals surface area contributed by atoms with Crippen LogP contribution in [0.25, 0.3) is 0 Å². The summed E-state index contributed by atoms with van der Waals surface area (Å²) in [6, 6.07) is 24.3. The van der Waals surface area contributed by atoms with E-state index in [9.17, 15) is 4.79 Å². The smallest absolute Gasteiger partial charge is 0.232 e. The van der Waals surface area contributed by atoms with Gasteiger partial charge in [0.15, 0.2) is 0 Å². The third-order valence-electron chi connectivity index (χ3n) is 8.33. The first kappa shape index (κ1) is 32.6. The summed E-state index contributed by atoms with van der Waals surface area (Å²) in [4.78, 5) is 13.8. The molecule has 43 heavy (non-hydrogen) atoms. The maximum absolute atomic E-state index is 13.8. The highest BCUT2D eigenvalue weighted by Gasteiger charge is 2.23. The van der Waals surface area contributed by atoms with Crippen molar-refractivity contribution in [3.63, 3.8) is 0 Å². The monoisotopic (exact) mass is 585 g/mol. The predicted molar refractivity (Wildman–Crippen MR) is 176 cm³/mol. The van der Waals surface area contributed by atoms with Crippen molar-refractivity contribution in [3.8, 4) is 11.5 Å². The van der Waals surface area contributed by atoms with E-state index in [1.54, 1.807) is 0 Å². The Morgan fingerprint density at radius 3 is 2.12 bits per heavy atom. The Bertz CT molecular complexity index is 1220. The largest absolute Gasteiger partial charge is 0.493 e. The van der Waals surface area contributed by atoms with Gasteiger partial charge in [-0.25, -0.2) is 0 Å². The zero-order valence-electron chi connectivity index (χ0n) is 26.7. The molecule has 0 spiro atoms. The molecule has 0 aromatic heterocycles. The Labute approximate surface area is 259 Å². The molecule has 0 radical (unpaired) electrons. The van der Waals surface area contributed by atoms with E-state index in [1.807, 2.05) is 36.4 Å². The van der Waals surface area contributed by atoms with Crippen LogP contribution in [0, 0.1) is 5.92 Å². The molecule has 5 heteroatoms. The minimum absolute atomic E-state index is 0.0241. The van der Waals surface area contributed by atoms with Gasteiger partial charge < -0.3 is 19.5 Å². The zero-order valence-corrected chi connectivity index (χ0v) is 26.7. The van der Waals surface area contributed by atoms with Crippen molar-refractivity contribution in [3.05, 3.63) is 89.5 Å². The van der Waals surface area contributed by atoms with Crippen LogP contribution in [0.2, 0.25) is 0 Å². The van der Waals surface area contributed by atoms with E-state index in [1.165, 1.54) is 37.7 Å². The second-order valence-electron chi connectivity index (χ2n) is 12.9. The van der Waals surface area contributed by atoms with E-state index in [2.05, 4.69) is 69.4 Å². The van der Waals surface area contributed by atoms with Crippen LogP contribution in [-0.2, 0) is 21.4 Å². The number of rotatable bonds is 15. The van der Waals surface area contributed by atoms with E-state index in [-0.39, 0.29) is 17.2 Å². The van der Waals surface area contributed by atoms with Crippen molar-refractivity contribution >= 4 is 11.6 Å². The van der Waals surface area contributed by atoms with Crippen LogP contribution in [-0.4, -0.2) is 32.3 Å². The fourth-order valence-electron chi connectivity index (χ4n) is 5.53. The highest BCUT2D eigenvalue weighted by atomic mass is 16.5. The number of unbranched alkanes of at least 4 members (excludes halogenated alkanes) is 1. The van der Waals surface area contributed by atoms with Gasteiger partial charge in [0.1, 0.15) is 18.1 Å². The lowest BCUT2D eigenvalue weighted by Gasteiger charge is -2.22. The lowest BCUT2D eigenvalue weighted by atomic mass is 9.84. The van der Waals surface area contributed by atoms with Crippen molar-refractivity contribution in [1.29, 1.82) is 0 Å². The number of amides is 1. The number of hydrogen-bond donors (Lipinski definition) is 1. The van der Waals surface area contributed by atoms with Crippen molar-refractivity contribution in [2.24, 2.45) is 5.92 Å². The molecule has 1 aliphatic rings. The quantitative estimate of drug-likeness (QED) is 0.181. The number of carbonyl (C=O) groups excluding carboxylic acids is 1. The Balaban J connectivity index is 1.40. The zero-order chi connectivity index (χ0) is 30.5. The van der Waals surface area contributed by atoms with Gasteiger partial charge in [0.25, 0.3) is 0 Å². The summed E-state index contributed by atoms with van der Waals surface area (Å²) in [5.74, 6) is 1.96. The molecule has 0 aliphatic heterocycles. The molecule has 0 heterocycles. The fourth-order valence-corrected chi connectivity index (χ4v) is 5.53. The Morgan fingerprint density at radius 1 is 0.814 bits per heavy atom. The molecule has 1 amide bonds. The van der Waals surface area contributed by atoms with Crippen molar-refractivity contribution in [2.75, 3.05) is 31.7 Å². The molecular weight excluding hydrogens is 534 g/mol. The third kappa shape index (κ3) is 10.7. The van der Waals surface area contributed by atoms with Crippen LogP contribution in [0.5, 0.6) is 11.5 Å². The average molecular weight is 586 g/mol. The van der Waals surface area contributed by atoms with Gasteiger partial charge in [0, 0.05) is 12.3 Å². The summed E-state index contributed by atoms with van der Waals surface area (Å²) in [6.07, 6.45) is 9.28. The molecule has 232 valence electrons. The molecule has 1 unspecified atom stereocenters. The summed E-state index contributed by atoms with van der Waals surface area (Å²) >= 11 is 0. The van der Waals surface area contributed by atoms with E-state index in [0.29, 0.717) is 25.6 Å². The first-order chi connectivity index (χ1) is 20.8. The van der Waals surface area contributed by atoms with Crippen LogP contribution in [0.1, 0.15) is 95.2 Å². The standard InChI is InChI=1S/C38H51NO4/c1-5-6-24-41-25-26-42-34-20-12-29(13-21-34)27-36(31-14-16-32(17-15-31)38(2,3)4)37(40)39-33-18-22-35(23-19-33)43-28-30-10-8-7-9-11-30/h12-23,30,36H,5-11,24-28H2,1-4H3,(H,39,40). The molecular formula is C38H51NO4. The van der Waals surface area contributed by atoms with Crippen LogP contribution >= 0.6 is 0 Å². The number of benzene rings is 3. The second-order valence-corrected chi connectivity index (χ2v) is 12.9. The Hall–Kier alpha value is -3.31. The predicted octanol–water partition coefficient (Wildman–Crippen LogP) is 9.10. The summed E-state index contributed by atoms with van der Waals surface area (Å²) in [5.41, 5.74) is 4.16. The van der Waals surface area contributed by atoms with Gasteiger partial charge >= 0.3 is 0 Å². The molecule has 1 atom stereocenters. The summed E-state index contributed by atoms with van der Waals surface area (Å²) in [7, 11) is 0. The minimum Gasteiger partial charge on any atom is -0.493 e. The van der Waals surface area contributed by atoms with Crippen molar-refractivity contribution in [2.45, 2.75) is 90.4 Å². The molecule has 0 bridgehead atoms. The number of ether oxygens (including phenoxy) is 3.